The molecule has 1 amide bonds. The first-order valence-electron chi connectivity index (χ1n) is 4.82. The Morgan fingerprint density at radius 2 is 2.24 bits per heavy atom. The van der Waals surface area contributed by atoms with E-state index < -0.39 is 16.4 Å². The van der Waals surface area contributed by atoms with Crippen LogP contribution in [-0.4, -0.2) is 31.5 Å². The number of nitro benzene ring substituents is 1. The molecule has 0 saturated heterocycles. The van der Waals surface area contributed by atoms with E-state index in [9.17, 15) is 19.3 Å². The second-order valence-electron chi connectivity index (χ2n) is 3.39. The molecule has 0 fully saturated rings. The topological polar surface area (TPSA) is 75.5 Å². The number of hydrogen-bond donors (Lipinski definition) is 1. The van der Waals surface area contributed by atoms with Crippen molar-refractivity contribution in [2.24, 2.45) is 0 Å². The molecule has 1 aromatic carbocycles. The van der Waals surface area contributed by atoms with Gasteiger partial charge in [-0.3, -0.25) is 14.9 Å². The highest BCUT2D eigenvalue weighted by atomic mass is 19.1. The van der Waals surface area contributed by atoms with Crippen LogP contribution in [-0.2, 0) is 4.79 Å². The molecule has 0 heterocycles. The number of nitrogens with zero attached hydrogens (tertiary/aromatic N) is 2. The smallest absolute Gasteiger partial charge is 0.327 e. The van der Waals surface area contributed by atoms with Crippen molar-refractivity contribution < 1.29 is 14.1 Å². The molecule has 0 saturated carbocycles. The highest BCUT2D eigenvalue weighted by Crippen LogP contribution is 2.29. The summed E-state index contributed by atoms with van der Waals surface area (Å²) in [6.45, 7) is -0.0825. The maximum atomic E-state index is 13.3. The van der Waals surface area contributed by atoms with Gasteiger partial charge in [0.05, 0.1) is 11.5 Å². The van der Waals surface area contributed by atoms with Gasteiger partial charge < -0.3 is 10.2 Å². The fraction of sp³-hybridized carbons (Fsp3) is 0.300. The number of carbonyl (C=O) groups excluding carboxylic acids is 1. The minimum atomic E-state index is -0.920. The Morgan fingerprint density at radius 3 is 2.76 bits per heavy atom. The SMILES string of the molecule is CNC(=O)CN(C)c1cccc(F)c1[N+](=O)[O-]. The van der Waals surface area contributed by atoms with Crippen molar-refractivity contribution in [2.45, 2.75) is 0 Å². The van der Waals surface area contributed by atoms with E-state index in [1.165, 1.54) is 31.1 Å². The van der Waals surface area contributed by atoms with Gasteiger partial charge >= 0.3 is 5.69 Å². The second kappa shape index (κ2) is 5.24. The number of amides is 1. The van der Waals surface area contributed by atoms with Gasteiger partial charge in [-0.25, -0.2) is 0 Å². The van der Waals surface area contributed by atoms with E-state index >= 15 is 0 Å². The zero-order chi connectivity index (χ0) is 13.0. The Morgan fingerprint density at radius 1 is 1.59 bits per heavy atom. The van der Waals surface area contributed by atoms with Gasteiger partial charge in [0.2, 0.25) is 11.7 Å². The first kappa shape index (κ1) is 12.9. The predicted octanol–water partition coefficient (Wildman–Crippen LogP) is 0.916. The summed E-state index contributed by atoms with van der Waals surface area (Å²) in [5.74, 6) is -1.23. The molecular formula is C10H12FN3O3. The Kier molecular flexibility index (Phi) is 3.97. The number of hydrogen-bond acceptors (Lipinski definition) is 4. The minimum absolute atomic E-state index is 0.0681. The number of anilines is 1. The quantitative estimate of drug-likeness (QED) is 0.628. The van der Waals surface area contributed by atoms with Gasteiger partial charge in [0.1, 0.15) is 5.69 Å². The molecule has 0 radical (unpaired) electrons. The molecule has 0 spiro atoms. The van der Waals surface area contributed by atoms with Crippen molar-refractivity contribution >= 4 is 17.3 Å². The molecule has 0 aliphatic rings. The van der Waals surface area contributed by atoms with E-state index in [0.717, 1.165) is 6.07 Å². The highest BCUT2D eigenvalue weighted by molar-refractivity contribution is 5.82. The Hall–Kier alpha value is -2.18. The fourth-order valence-corrected chi connectivity index (χ4v) is 1.37. The van der Waals surface area contributed by atoms with Crippen LogP contribution in [0.25, 0.3) is 0 Å². The molecule has 0 atom stereocenters. The molecule has 92 valence electrons. The van der Waals surface area contributed by atoms with Crippen LogP contribution < -0.4 is 10.2 Å². The molecule has 0 aromatic heterocycles. The lowest BCUT2D eigenvalue weighted by molar-refractivity contribution is -0.386. The molecule has 0 aliphatic heterocycles. The summed E-state index contributed by atoms with van der Waals surface area (Å²) in [5.41, 5.74) is -0.558. The number of benzene rings is 1. The summed E-state index contributed by atoms with van der Waals surface area (Å²) in [4.78, 5) is 22.4. The number of nitro groups is 1. The largest absolute Gasteiger partial charge is 0.360 e. The van der Waals surface area contributed by atoms with Crippen LogP contribution in [0.15, 0.2) is 18.2 Å². The molecule has 1 aromatic rings. The molecule has 1 N–H and O–H groups in total. The van der Waals surface area contributed by atoms with Gasteiger partial charge in [-0.15, -0.1) is 0 Å². The van der Waals surface area contributed by atoms with E-state index in [1.54, 1.807) is 0 Å². The van der Waals surface area contributed by atoms with E-state index in [2.05, 4.69) is 5.32 Å². The van der Waals surface area contributed by atoms with Crippen LogP contribution in [0.2, 0.25) is 0 Å². The Balaban J connectivity index is 3.09. The number of likely N-dealkylation sites (N-methyl/N-ethyl adjacent to an activating group) is 2. The van der Waals surface area contributed by atoms with E-state index in [0.29, 0.717) is 0 Å². The van der Waals surface area contributed by atoms with Gasteiger partial charge in [-0.1, -0.05) is 6.07 Å². The summed E-state index contributed by atoms with van der Waals surface area (Å²) in [6, 6.07) is 3.76. The number of nitrogens with one attached hydrogen (secondary N) is 1. The lowest BCUT2D eigenvalue weighted by Gasteiger charge is -2.17. The summed E-state index contributed by atoms with van der Waals surface area (Å²) >= 11 is 0. The third-order valence-corrected chi connectivity index (χ3v) is 2.22. The third-order valence-electron chi connectivity index (χ3n) is 2.22. The van der Waals surface area contributed by atoms with Gasteiger partial charge in [-0.2, -0.15) is 4.39 Å². The Bertz CT molecular complexity index is 450. The summed E-state index contributed by atoms with van der Waals surface area (Å²) < 4.78 is 13.3. The zero-order valence-corrected chi connectivity index (χ0v) is 9.44. The van der Waals surface area contributed by atoms with Crippen LogP contribution in [0, 0.1) is 15.9 Å². The lowest BCUT2D eigenvalue weighted by Crippen LogP contribution is -2.33. The summed E-state index contributed by atoms with van der Waals surface area (Å²) in [7, 11) is 2.94. The van der Waals surface area contributed by atoms with Crippen LogP contribution >= 0.6 is 0 Å². The van der Waals surface area contributed by atoms with E-state index in [1.807, 2.05) is 0 Å². The molecule has 1 rings (SSSR count). The van der Waals surface area contributed by atoms with Gasteiger partial charge in [0.25, 0.3) is 0 Å². The standard InChI is InChI=1S/C10H12FN3O3/c1-12-9(15)6-13(2)8-5-3-4-7(11)10(8)14(16)17/h3-5H,6H2,1-2H3,(H,12,15). The highest BCUT2D eigenvalue weighted by Gasteiger charge is 2.23. The van der Waals surface area contributed by atoms with Crippen molar-refractivity contribution in [1.82, 2.24) is 5.32 Å². The zero-order valence-electron chi connectivity index (χ0n) is 9.44. The number of para-hydroxylation sites is 1. The van der Waals surface area contributed by atoms with Crippen molar-refractivity contribution in [3.8, 4) is 0 Å². The average Bonchev–Trinajstić information content (AvgIpc) is 2.27. The maximum Gasteiger partial charge on any atom is 0.327 e. The summed E-state index contributed by atoms with van der Waals surface area (Å²) in [6.07, 6.45) is 0. The third kappa shape index (κ3) is 2.90. The molecule has 17 heavy (non-hydrogen) atoms. The second-order valence-corrected chi connectivity index (χ2v) is 3.39. The molecule has 0 unspecified atom stereocenters. The number of rotatable bonds is 4. The maximum absolute atomic E-state index is 13.3. The molecule has 7 heteroatoms. The van der Waals surface area contributed by atoms with Gasteiger partial charge in [-0.05, 0) is 12.1 Å². The lowest BCUT2D eigenvalue weighted by atomic mass is 10.2. The number of halogens is 1. The average molecular weight is 241 g/mol. The molecular weight excluding hydrogens is 229 g/mol. The number of carbonyl (C=O) groups is 1. The van der Waals surface area contributed by atoms with Crippen LogP contribution in [0.4, 0.5) is 15.8 Å². The molecule has 0 bridgehead atoms. The fourth-order valence-electron chi connectivity index (χ4n) is 1.37. The van der Waals surface area contributed by atoms with Crippen LogP contribution in [0.5, 0.6) is 0 Å². The van der Waals surface area contributed by atoms with Gasteiger partial charge in [0.15, 0.2) is 0 Å². The summed E-state index contributed by atoms with van der Waals surface area (Å²) in [5, 5.41) is 13.1. The minimum Gasteiger partial charge on any atom is -0.360 e. The van der Waals surface area contributed by atoms with Crippen molar-refractivity contribution in [1.29, 1.82) is 0 Å². The monoisotopic (exact) mass is 241 g/mol. The normalized spacial score (nSPS) is 9.82. The van der Waals surface area contributed by atoms with Crippen molar-refractivity contribution in [2.75, 3.05) is 25.5 Å². The first-order valence-corrected chi connectivity index (χ1v) is 4.82. The molecule has 6 nitrogen and oxygen atoms in total. The Labute approximate surface area is 97.2 Å². The molecule has 0 aliphatic carbocycles. The van der Waals surface area contributed by atoms with E-state index in [4.69, 9.17) is 0 Å². The van der Waals surface area contributed by atoms with Crippen LogP contribution in [0.3, 0.4) is 0 Å². The van der Waals surface area contributed by atoms with Crippen molar-refractivity contribution in [3.05, 3.63) is 34.1 Å². The van der Waals surface area contributed by atoms with E-state index in [-0.39, 0.29) is 18.1 Å². The predicted molar refractivity (Wildman–Crippen MR) is 60.4 cm³/mol. The van der Waals surface area contributed by atoms with Gasteiger partial charge in [0, 0.05) is 14.1 Å². The van der Waals surface area contributed by atoms with Crippen molar-refractivity contribution in [3.63, 3.8) is 0 Å². The first-order chi connectivity index (χ1) is 7.97. The van der Waals surface area contributed by atoms with Crippen LogP contribution in [0.1, 0.15) is 0 Å².